The summed E-state index contributed by atoms with van der Waals surface area (Å²) < 4.78 is 0. The van der Waals surface area contributed by atoms with Crippen molar-refractivity contribution in [2.75, 3.05) is 6.54 Å². The lowest BCUT2D eigenvalue weighted by Gasteiger charge is -2.36. The number of rotatable bonds is 20. The maximum Gasteiger partial charge on any atom is 0.103 e. The van der Waals surface area contributed by atoms with E-state index in [2.05, 4.69) is 73.3 Å². The van der Waals surface area contributed by atoms with Crippen LogP contribution in [0.3, 0.4) is 0 Å². The molecule has 1 aromatic rings. The first-order chi connectivity index (χ1) is 16.2. The summed E-state index contributed by atoms with van der Waals surface area (Å²) in [5.74, 6) is 0.629. The molecule has 2 nitrogen and oxygen atoms in total. The summed E-state index contributed by atoms with van der Waals surface area (Å²) >= 11 is 0. The Bertz CT molecular complexity index is 594. The molecule has 0 bridgehead atoms. The molecule has 33 heavy (non-hydrogen) atoms. The molecule has 0 aromatic heterocycles. The topological polar surface area (TPSA) is 6.48 Å². The lowest BCUT2D eigenvalue weighted by Crippen LogP contribution is -2.42. The van der Waals surface area contributed by atoms with Gasteiger partial charge in [0.15, 0.2) is 0 Å². The van der Waals surface area contributed by atoms with E-state index in [0.29, 0.717) is 12.1 Å². The fourth-order valence-corrected chi connectivity index (χ4v) is 5.29. The molecule has 1 aromatic carbocycles. The normalized spacial score (nSPS) is 15.8. The number of hydrogen-bond acceptors (Lipinski definition) is 2. The van der Waals surface area contributed by atoms with E-state index in [1.807, 2.05) is 0 Å². The Hall–Kier alpha value is -1.44. The summed E-state index contributed by atoms with van der Waals surface area (Å²) in [6.45, 7) is 9.22. The van der Waals surface area contributed by atoms with Gasteiger partial charge < -0.3 is 9.80 Å². The van der Waals surface area contributed by atoms with Crippen molar-refractivity contribution < 1.29 is 0 Å². The van der Waals surface area contributed by atoms with Gasteiger partial charge in [-0.2, -0.15) is 0 Å². The third kappa shape index (κ3) is 12.0. The maximum atomic E-state index is 2.58. The Morgan fingerprint density at radius 2 is 1.06 bits per heavy atom. The lowest BCUT2D eigenvalue weighted by atomic mass is 10.0. The van der Waals surface area contributed by atoms with Gasteiger partial charge in [-0.05, 0) is 17.9 Å². The average molecular weight is 455 g/mol. The second kappa shape index (κ2) is 18.0. The van der Waals surface area contributed by atoms with Crippen molar-refractivity contribution in [1.29, 1.82) is 0 Å². The molecule has 1 unspecified atom stereocenters. The van der Waals surface area contributed by atoms with Crippen molar-refractivity contribution in [3.05, 3.63) is 48.3 Å². The predicted molar refractivity (Wildman–Crippen MR) is 146 cm³/mol. The molecule has 0 saturated carbocycles. The lowest BCUT2D eigenvalue weighted by molar-refractivity contribution is 0.100. The molecule has 0 spiro atoms. The summed E-state index contributed by atoms with van der Waals surface area (Å²) in [7, 11) is 0. The maximum absolute atomic E-state index is 2.58. The van der Waals surface area contributed by atoms with E-state index >= 15 is 0 Å². The quantitative estimate of drug-likeness (QED) is 0.181. The minimum Gasteiger partial charge on any atom is -0.356 e. The molecule has 1 atom stereocenters. The minimum atomic E-state index is 0.501. The largest absolute Gasteiger partial charge is 0.356 e. The van der Waals surface area contributed by atoms with E-state index in [1.165, 1.54) is 115 Å². The first kappa shape index (κ1) is 27.8. The first-order valence-electron chi connectivity index (χ1n) is 14.5. The third-order valence-corrected chi connectivity index (χ3v) is 7.20. The highest BCUT2D eigenvalue weighted by molar-refractivity contribution is 5.16. The van der Waals surface area contributed by atoms with Crippen LogP contribution < -0.4 is 0 Å². The van der Waals surface area contributed by atoms with E-state index < -0.39 is 0 Å². The molecule has 0 amide bonds. The van der Waals surface area contributed by atoms with E-state index in [0.717, 1.165) is 6.54 Å². The second-order valence-electron chi connectivity index (χ2n) is 10.7. The van der Waals surface area contributed by atoms with Gasteiger partial charge in [0.25, 0.3) is 0 Å². The van der Waals surface area contributed by atoms with Crippen LogP contribution in [0.4, 0.5) is 0 Å². The van der Waals surface area contributed by atoms with Crippen LogP contribution in [0.2, 0.25) is 0 Å². The summed E-state index contributed by atoms with van der Waals surface area (Å²) in [6.07, 6.45) is 28.1. The van der Waals surface area contributed by atoms with Crippen molar-refractivity contribution in [2.45, 2.75) is 136 Å². The Labute approximate surface area is 206 Å². The molecular weight excluding hydrogens is 400 g/mol. The molecule has 0 N–H and O–H groups in total. The van der Waals surface area contributed by atoms with Gasteiger partial charge in [-0.3, -0.25) is 0 Å². The number of nitrogens with zero attached hydrogens (tertiary/aromatic N) is 2. The number of unbranched alkanes of at least 4 members (excludes halogenated alkanes) is 15. The summed E-state index contributed by atoms with van der Waals surface area (Å²) in [5.41, 5.74) is 1.40. The zero-order valence-electron chi connectivity index (χ0n) is 22.3. The van der Waals surface area contributed by atoms with Crippen molar-refractivity contribution in [3.63, 3.8) is 0 Å². The van der Waals surface area contributed by atoms with Gasteiger partial charge in [0.05, 0.1) is 0 Å². The number of benzene rings is 1. The Morgan fingerprint density at radius 3 is 1.55 bits per heavy atom. The monoisotopic (exact) mass is 454 g/mol. The third-order valence-electron chi connectivity index (χ3n) is 7.20. The summed E-state index contributed by atoms with van der Waals surface area (Å²) in [5, 5.41) is 0. The Morgan fingerprint density at radius 1 is 0.606 bits per heavy atom. The van der Waals surface area contributed by atoms with E-state index in [-0.39, 0.29) is 0 Å². The van der Waals surface area contributed by atoms with E-state index in [4.69, 9.17) is 0 Å². The molecule has 0 aliphatic carbocycles. The van der Waals surface area contributed by atoms with E-state index in [9.17, 15) is 0 Å². The Balaban J connectivity index is 1.44. The van der Waals surface area contributed by atoms with Crippen LogP contribution in [0.25, 0.3) is 0 Å². The van der Waals surface area contributed by atoms with Gasteiger partial charge in [0.2, 0.25) is 0 Å². The Kier molecular flexibility index (Phi) is 15.1. The summed E-state index contributed by atoms with van der Waals surface area (Å²) in [4.78, 5) is 5.10. The first-order valence-corrected chi connectivity index (χ1v) is 14.5. The standard InChI is InChI=1S/C31H54N2/c1-4-5-6-7-8-9-10-11-12-13-14-15-16-17-18-22-25-32-26-27-33(31(32)29(2)3)28-30-23-20-19-21-24-30/h19-21,23-24,26-27,29,31H,4-18,22,25,28H2,1-3H3. The fraction of sp³-hybridized carbons (Fsp3) is 0.742. The van der Waals surface area contributed by atoms with Crippen LogP contribution in [-0.4, -0.2) is 22.5 Å². The van der Waals surface area contributed by atoms with Gasteiger partial charge in [-0.1, -0.05) is 147 Å². The predicted octanol–water partition coefficient (Wildman–Crippen LogP) is 9.52. The van der Waals surface area contributed by atoms with Crippen LogP contribution >= 0.6 is 0 Å². The van der Waals surface area contributed by atoms with Crippen LogP contribution in [0, 0.1) is 5.92 Å². The minimum absolute atomic E-state index is 0.501. The van der Waals surface area contributed by atoms with Crippen molar-refractivity contribution >= 4 is 0 Å². The molecular formula is C31H54N2. The molecule has 1 aliphatic rings. The van der Waals surface area contributed by atoms with Gasteiger partial charge in [0.1, 0.15) is 6.17 Å². The highest BCUT2D eigenvalue weighted by atomic mass is 15.4. The molecule has 1 aliphatic heterocycles. The van der Waals surface area contributed by atoms with Crippen molar-refractivity contribution in [3.8, 4) is 0 Å². The van der Waals surface area contributed by atoms with Gasteiger partial charge in [-0.25, -0.2) is 0 Å². The van der Waals surface area contributed by atoms with Crippen LogP contribution in [0.15, 0.2) is 42.7 Å². The second-order valence-corrected chi connectivity index (χ2v) is 10.7. The molecule has 2 rings (SSSR count). The van der Waals surface area contributed by atoms with Crippen molar-refractivity contribution in [1.82, 2.24) is 9.80 Å². The number of hydrogen-bond donors (Lipinski definition) is 0. The summed E-state index contributed by atoms with van der Waals surface area (Å²) in [6, 6.07) is 10.9. The van der Waals surface area contributed by atoms with Crippen LogP contribution in [0.1, 0.15) is 129 Å². The fourth-order valence-electron chi connectivity index (χ4n) is 5.29. The molecule has 188 valence electrons. The van der Waals surface area contributed by atoms with E-state index in [1.54, 1.807) is 0 Å². The average Bonchev–Trinajstić information content (AvgIpc) is 3.22. The van der Waals surface area contributed by atoms with Crippen LogP contribution in [0.5, 0.6) is 0 Å². The smallest absolute Gasteiger partial charge is 0.103 e. The SMILES string of the molecule is CCCCCCCCCCCCCCCCCCN1C=CN(Cc2ccccc2)C1C(C)C. The molecule has 2 heteroatoms. The highest BCUT2D eigenvalue weighted by Crippen LogP contribution is 2.25. The highest BCUT2D eigenvalue weighted by Gasteiger charge is 2.28. The van der Waals surface area contributed by atoms with Gasteiger partial charge in [-0.15, -0.1) is 0 Å². The van der Waals surface area contributed by atoms with Gasteiger partial charge in [0, 0.05) is 25.5 Å². The zero-order chi connectivity index (χ0) is 23.6. The van der Waals surface area contributed by atoms with Gasteiger partial charge >= 0.3 is 0 Å². The molecule has 0 saturated heterocycles. The molecule has 0 radical (unpaired) electrons. The molecule has 1 heterocycles. The zero-order valence-corrected chi connectivity index (χ0v) is 22.3. The van der Waals surface area contributed by atoms with Crippen molar-refractivity contribution in [2.24, 2.45) is 5.92 Å². The van der Waals surface area contributed by atoms with Crippen LogP contribution in [-0.2, 0) is 6.54 Å². The molecule has 0 fully saturated rings.